The number of hydrogen-bond acceptors (Lipinski definition) is 4. The van der Waals surface area contributed by atoms with Crippen LogP contribution in [-0.2, 0) is 4.79 Å². The van der Waals surface area contributed by atoms with E-state index in [0.29, 0.717) is 5.69 Å². The van der Waals surface area contributed by atoms with Gasteiger partial charge in [-0.05, 0) is 55.0 Å². The van der Waals surface area contributed by atoms with E-state index in [-0.39, 0.29) is 12.3 Å². The van der Waals surface area contributed by atoms with Gasteiger partial charge in [-0.15, -0.1) is 0 Å². The minimum absolute atomic E-state index is 0.0829. The SMILES string of the molecule is Cc1nccc(-c2cccc(C3=Nc4ccc(-n5cccc5)cc4NC(=O)C3)c2)n1. The third-order valence-electron chi connectivity index (χ3n) is 5.01. The molecule has 146 valence electrons. The van der Waals surface area contributed by atoms with Crippen molar-refractivity contribution in [1.29, 1.82) is 0 Å². The van der Waals surface area contributed by atoms with Crippen molar-refractivity contribution in [3.8, 4) is 16.9 Å². The van der Waals surface area contributed by atoms with Crippen molar-refractivity contribution in [3.05, 3.63) is 90.6 Å². The fourth-order valence-corrected chi connectivity index (χ4v) is 3.56. The minimum atomic E-state index is -0.0829. The molecular formula is C24H19N5O. The van der Waals surface area contributed by atoms with Crippen LogP contribution in [0.4, 0.5) is 11.4 Å². The Morgan fingerprint density at radius 3 is 2.63 bits per heavy atom. The van der Waals surface area contributed by atoms with E-state index in [9.17, 15) is 4.79 Å². The van der Waals surface area contributed by atoms with Crippen LogP contribution in [0.3, 0.4) is 0 Å². The highest BCUT2D eigenvalue weighted by atomic mass is 16.1. The summed E-state index contributed by atoms with van der Waals surface area (Å²) in [4.78, 5) is 26.1. The summed E-state index contributed by atoms with van der Waals surface area (Å²) < 4.78 is 2.00. The predicted octanol–water partition coefficient (Wildman–Crippen LogP) is 4.71. The summed E-state index contributed by atoms with van der Waals surface area (Å²) in [5.41, 5.74) is 5.87. The molecule has 0 atom stereocenters. The lowest BCUT2D eigenvalue weighted by atomic mass is 10.0. The molecule has 0 saturated heterocycles. The topological polar surface area (TPSA) is 72.2 Å². The maximum atomic E-state index is 12.6. The van der Waals surface area contributed by atoms with E-state index < -0.39 is 0 Å². The standard InChI is InChI=1S/C24H19N5O/c1-16-25-10-9-20(26-16)17-5-4-6-18(13-17)22-15-24(30)28-23-14-19(7-8-21(23)27-22)29-11-2-3-12-29/h2-14H,15H2,1H3,(H,28,30). The van der Waals surface area contributed by atoms with Crippen molar-refractivity contribution in [1.82, 2.24) is 14.5 Å². The summed E-state index contributed by atoms with van der Waals surface area (Å²) in [6.45, 7) is 1.87. The number of rotatable bonds is 3. The van der Waals surface area contributed by atoms with Gasteiger partial charge in [0.2, 0.25) is 5.91 Å². The summed E-state index contributed by atoms with van der Waals surface area (Å²) in [5.74, 6) is 0.636. The zero-order valence-electron chi connectivity index (χ0n) is 16.4. The number of benzene rings is 2. The summed E-state index contributed by atoms with van der Waals surface area (Å²) >= 11 is 0. The number of nitrogens with zero attached hydrogens (tertiary/aromatic N) is 4. The number of nitrogens with one attached hydrogen (secondary N) is 1. The largest absolute Gasteiger partial charge is 0.324 e. The molecule has 30 heavy (non-hydrogen) atoms. The molecule has 6 heteroatoms. The molecule has 0 unspecified atom stereocenters. The van der Waals surface area contributed by atoms with E-state index >= 15 is 0 Å². The number of carbonyl (C=O) groups excluding carboxylic acids is 1. The number of hydrogen-bond donors (Lipinski definition) is 1. The molecule has 2 aromatic heterocycles. The van der Waals surface area contributed by atoms with Crippen LogP contribution in [0.15, 0.2) is 84.2 Å². The molecule has 0 fully saturated rings. The van der Waals surface area contributed by atoms with E-state index in [2.05, 4.69) is 15.3 Å². The zero-order valence-corrected chi connectivity index (χ0v) is 16.4. The number of amides is 1. The second-order valence-corrected chi connectivity index (χ2v) is 7.15. The molecule has 5 rings (SSSR count). The van der Waals surface area contributed by atoms with Crippen LogP contribution in [-0.4, -0.2) is 26.2 Å². The van der Waals surface area contributed by atoms with Crippen LogP contribution in [0.2, 0.25) is 0 Å². The van der Waals surface area contributed by atoms with E-state index in [1.165, 1.54) is 0 Å². The summed E-state index contributed by atoms with van der Waals surface area (Å²) in [7, 11) is 0. The third kappa shape index (κ3) is 3.51. The lowest BCUT2D eigenvalue weighted by molar-refractivity contribution is -0.115. The number of aryl methyl sites for hydroxylation is 1. The molecule has 0 bridgehead atoms. The quantitative estimate of drug-likeness (QED) is 0.548. The second kappa shape index (κ2) is 7.40. The van der Waals surface area contributed by atoms with Crippen LogP contribution >= 0.6 is 0 Å². The molecule has 3 heterocycles. The van der Waals surface area contributed by atoms with Gasteiger partial charge in [0, 0.05) is 29.8 Å². The number of carbonyl (C=O) groups is 1. The Balaban J connectivity index is 1.55. The molecule has 4 aromatic rings. The highest BCUT2D eigenvalue weighted by Gasteiger charge is 2.18. The first-order valence-electron chi connectivity index (χ1n) is 9.71. The molecule has 1 aliphatic rings. The first kappa shape index (κ1) is 18.0. The van der Waals surface area contributed by atoms with Gasteiger partial charge in [-0.2, -0.15) is 0 Å². The van der Waals surface area contributed by atoms with E-state index in [1.54, 1.807) is 6.20 Å². The van der Waals surface area contributed by atoms with Gasteiger partial charge in [0.05, 0.1) is 29.2 Å². The average molecular weight is 393 g/mol. The summed E-state index contributed by atoms with van der Waals surface area (Å²) in [6.07, 6.45) is 5.89. The number of fused-ring (bicyclic) bond motifs is 1. The van der Waals surface area contributed by atoms with Crippen LogP contribution in [0.5, 0.6) is 0 Å². The maximum absolute atomic E-state index is 12.6. The molecular weight excluding hydrogens is 374 g/mol. The Kier molecular flexibility index (Phi) is 4.44. The fraction of sp³-hybridized carbons (Fsp3) is 0.0833. The van der Waals surface area contributed by atoms with Crippen LogP contribution < -0.4 is 5.32 Å². The Bertz CT molecular complexity index is 1270. The van der Waals surface area contributed by atoms with Gasteiger partial charge in [0.25, 0.3) is 0 Å². The highest BCUT2D eigenvalue weighted by molar-refractivity contribution is 6.17. The molecule has 0 saturated carbocycles. The molecule has 2 aromatic carbocycles. The van der Waals surface area contributed by atoms with Crippen molar-refractivity contribution in [3.63, 3.8) is 0 Å². The van der Waals surface area contributed by atoms with Crippen molar-refractivity contribution in [2.75, 3.05) is 5.32 Å². The van der Waals surface area contributed by atoms with Gasteiger partial charge in [0.15, 0.2) is 0 Å². The van der Waals surface area contributed by atoms with Crippen molar-refractivity contribution in [2.45, 2.75) is 13.3 Å². The van der Waals surface area contributed by atoms with Gasteiger partial charge in [-0.1, -0.05) is 18.2 Å². The first-order valence-corrected chi connectivity index (χ1v) is 9.71. The minimum Gasteiger partial charge on any atom is -0.324 e. The maximum Gasteiger partial charge on any atom is 0.230 e. The van der Waals surface area contributed by atoms with Gasteiger partial charge in [-0.25, -0.2) is 9.97 Å². The van der Waals surface area contributed by atoms with E-state index in [0.717, 1.165) is 39.7 Å². The molecule has 0 aliphatic carbocycles. The molecule has 1 amide bonds. The normalized spacial score (nSPS) is 13.2. The zero-order chi connectivity index (χ0) is 20.5. The Morgan fingerprint density at radius 2 is 1.80 bits per heavy atom. The second-order valence-electron chi connectivity index (χ2n) is 7.15. The summed E-state index contributed by atoms with van der Waals surface area (Å²) in [5, 5.41) is 2.99. The highest BCUT2D eigenvalue weighted by Crippen LogP contribution is 2.32. The third-order valence-corrected chi connectivity index (χ3v) is 5.01. The van der Waals surface area contributed by atoms with Gasteiger partial charge in [-0.3, -0.25) is 9.79 Å². The smallest absolute Gasteiger partial charge is 0.230 e. The van der Waals surface area contributed by atoms with Crippen molar-refractivity contribution >= 4 is 23.0 Å². The lowest BCUT2D eigenvalue weighted by Gasteiger charge is -2.08. The lowest BCUT2D eigenvalue weighted by Crippen LogP contribution is -2.15. The number of aromatic nitrogens is 3. The van der Waals surface area contributed by atoms with Gasteiger partial charge in [0.1, 0.15) is 5.82 Å². The molecule has 1 aliphatic heterocycles. The van der Waals surface area contributed by atoms with Crippen LogP contribution in [0.1, 0.15) is 17.8 Å². The average Bonchev–Trinajstić information content (AvgIpc) is 3.23. The monoisotopic (exact) mass is 393 g/mol. The van der Waals surface area contributed by atoms with Crippen molar-refractivity contribution in [2.24, 2.45) is 4.99 Å². The van der Waals surface area contributed by atoms with Crippen LogP contribution in [0, 0.1) is 6.92 Å². The van der Waals surface area contributed by atoms with Gasteiger partial charge < -0.3 is 9.88 Å². The van der Waals surface area contributed by atoms with E-state index in [4.69, 9.17) is 4.99 Å². The van der Waals surface area contributed by atoms with E-state index in [1.807, 2.05) is 84.5 Å². The van der Waals surface area contributed by atoms with Gasteiger partial charge >= 0.3 is 0 Å². The van der Waals surface area contributed by atoms with Crippen LogP contribution in [0.25, 0.3) is 16.9 Å². The Hall–Kier alpha value is -4.06. The van der Waals surface area contributed by atoms with Crippen molar-refractivity contribution < 1.29 is 4.79 Å². The number of anilines is 1. The fourth-order valence-electron chi connectivity index (χ4n) is 3.56. The molecule has 0 radical (unpaired) electrons. The molecule has 6 nitrogen and oxygen atoms in total. The molecule has 0 spiro atoms. The Labute approximate surface area is 174 Å². The molecule has 1 N–H and O–H groups in total. The Morgan fingerprint density at radius 1 is 0.967 bits per heavy atom. The predicted molar refractivity (Wildman–Crippen MR) is 117 cm³/mol. The number of aliphatic imine (C=N–C) groups is 1. The summed E-state index contributed by atoms with van der Waals surface area (Å²) in [6, 6.07) is 19.6. The first-order chi connectivity index (χ1) is 14.7.